The first-order valence-corrected chi connectivity index (χ1v) is 5.49. The average Bonchev–Trinajstić information content (AvgIpc) is 2.52. The summed E-state index contributed by atoms with van der Waals surface area (Å²) in [5.74, 6) is 5.45. The van der Waals surface area contributed by atoms with Gasteiger partial charge >= 0.3 is 0 Å². The third-order valence-electron chi connectivity index (χ3n) is 1.17. The molecule has 0 saturated carbocycles. The van der Waals surface area contributed by atoms with E-state index >= 15 is 0 Å². The van der Waals surface area contributed by atoms with Crippen LogP contribution >= 0.6 is 23.1 Å². The second kappa shape index (κ2) is 4.44. The first kappa shape index (κ1) is 9.50. The van der Waals surface area contributed by atoms with Gasteiger partial charge in [0.05, 0.1) is 5.69 Å². The maximum Gasteiger partial charge on any atom is 0.294 e. The summed E-state index contributed by atoms with van der Waals surface area (Å²) in [6, 6.07) is 0. The van der Waals surface area contributed by atoms with Crippen LogP contribution in [-0.2, 0) is 5.75 Å². The van der Waals surface area contributed by atoms with Crippen molar-refractivity contribution in [2.24, 2.45) is 5.84 Å². The smallest absolute Gasteiger partial charge is 0.288 e. The highest BCUT2D eigenvalue weighted by molar-refractivity contribution is 7.97. The lowest BCUT2D eigenvalue weighted by Crippen LogP contribution is -2.29. The molecular formula is C6H9N3OS2. The molecule has 0 unspecified atom stereocenters. The van der Waals surface area contributed by atoms with E-state index in [4.69, 9.17) is 5.84 Å². The van der Waals surface area contributed by atoms with Crippen molar-refractivity contribution in [1.29, 1.82) is 0 Å². The number of nitrogens with one attached hydrogen (secondary N) is 1. The van der Waals surface area contributed by atoms with E-state index in [2.05, 4.69) is 4.98 Å². The Morgan fingerprint density at radius 3 is 3.25 bits per heavy atom. The van der Waals surface area contributed by atoms with Crippen molar-refractivity contribution in [1.82, 2.24) is 10.4 Å². The van der Waals surface area contributed by atoms with Crippen LogP contribution in [0.15, 0.2) is 5.38 Å². The van der Waals surface area contributed by atoms with E-state index in [9.17, 15) is 4.79 Å². The topological polar surface area (TPSA) is 68.0 Å². The Hall–Kier alpha value is -0.590. The second-order valence-electron chi connectivity index (χ2n) is 2.05. The normalized spacial score (nSPS) is 9.83. The summed E-state index contributed by atoms with van der Waals surface area (Å²) in [5.41, 5.74) is 2.96. The van der Waals surface area contributed by atoms with Crippen LogP contribution in [0.5, 0.6) is 0 Å². The lowest BCUT2D eigenvalue weighted by atomic mass is 10.5. The predicted octanol–water partition coefficient (Wildman–Crippen LogP) is 0.610. The number of carbonyl (C=O) groups is 1. The highest BCUT2D eigenvalue weighted by atomic mass is 32.2. The number of hydrogen-bond acceptors (Lipinski definition) is 5. The molecule has 66 valence electrons. The van der Waals surface area contributed by atoms with E-state index in [1.165, 1.54) is 11.3 Å². The Morgan fingerprint density at radius 2 is 2.67 bits per heavy atom. The first-order valence-electron chi connectivity index (χ1n) is 3.22. The van der Waals surface area contributed by atoms with Crippen molar-refractivity contribution >= 4 is 29.0 Å². The van der Waals surface area contributed by atoms with Gasteiger partial charge in [-0.05, 0) is 6.26 Å². The van der Waals surface area contributed by atoms with Gasteiger partial charge in [0, 0.05) is 11.1 Å². The molecule has 0 aliphatic carbocycles. The number of nitrogens with two attached hydrogens (primary N) is 1. The molecular weight excluding hydrogens is 194 g/mol. The van der Waals surface area contributed by atoms with Crippen LogP contribution in [0, 0.1) is 0 Å². The first-order chi connectivity index (χ1) is 5.77. The van der Waals surface area contributed by atoms with Gasteiger partial charge in [0.15, 0.2) is 5.01 Å². The fourth-order valence-electron chi connectivity index (χ4n) is 0.687. The summed E-state index contributed by atoms with van der Waals surface area (Å²) in [6.45, 7) is 0. The zero-order valence-corrected chi connectivity index (χ0v) is 8.17. The maximum absolute atomic E-state index is 10.9. The Morgan fingerprint density at radius 1 is 1.92 bits per heavy atom. The lowest BCUT2D eigenvalue weighted by Gasteiger charge is -1.91. The minimum Gasteiger partial charge on any atom is -0.288 e. The number of amides is 1. The largest absolute Gasteiger partial charge is 0.294 e. The molecule has 1 heterocycles. The number of rotatable bonds is 3. The zero-order valence-electron chi connectivity index (χ0n) is 6.53. The average molecular weight is 203 g/mol. The highest BCUT2D eigenvalue weighted by Gasteiger charge is 2.08. The van der Waals surface area contributed by atoms with Gasteiger partial charge in [-0.25, -0.2) is 10.8 Å². The summed E-state index contributed by atoms with van der Waals surface area (Å²) < 4.78 is 0. The van der Waals surface area contributed by atoms with Crippen LogP contribution in [0.4, 0.5) is 0 Å². The van der Waals surface area contributed by atoms with E-state index in [1.807, 2.05) is 17.1 Å². The molecule has 0 aliphatic rings. The minimum atomic E-state index is -0.327. The van der Waals surface area contributed by atoms with E-state index in [-0.39, 0.29) is 5.91 Å². The molecule has 0 saturated heterocycles. The molecule has 6 heteroatoms. The van der Waals surface area contributed by atoms with Gasteiger partial charge in [-0.15, -0.1) is 11.3 Å². The quantitative estimate of drug-likeness (QED) is 0.429. The van der Waals surface area contributed by atoms with Gasteiger partial charge < -0.3 is 0 Å². The van der Waals surface area contributed by atoms with Crippen molar-refractivity contribution in [3.05, 3.63) is 16.1 Å². The van der Waals surface area contributed by atoms with Crippen molar-refractivity contribution < 1.29 is 4.79 Å². The van der Waals surface area contributed by atoms with Crippen molar-refractivity contribution in [2.45, 2.75) is 5.75 Å². The number of nitrogen functional groups attached to an aromatic ring is 1. The van der Waals surface area contributed by atoms with E-state index in [1.54, 1.807) is 11.8 Å². The third kappa shape index (κ3) is 2.20. The monoisotopic (exact) mass is 203 g/mol. The standard InChI is InChI=1S/C6H9N3OS2/c1-11-2-4-3-12-6(8-4)5(10)9-7/h3H,2,7H2,1H3,(H,9,10). The summed E-state index contributed by atoms with van der Waals surface area (Å²) in [7, 11) is 0. The predicted molar refractivity (Wildman–Crippen MR) is 51.0 cm³/mol. The molecule has 0 fully saturated rings. The molecule has 1 aromatic rings. The molecule has 0 aliphatic heterocycles. The van der Waals surface area contributed by atoms with Crippen LogP contribution in [-0.4, -0.2) is 17.1 Å². The Bertz CT molecular complexity index is 274. The summed E-state index contributed by atoms with van der Waals surface area (Å²) in [4.78, 5) is 15.0. The van der Waals surface area contributed by atoms with Gasteiger partial charge in [0.25, 0.3) is 5.91 Å². The molecule has 0 spiro atoms. The minimum absolute atomic E-state index is 0.327. The molecule has 0 atom stereocenters. The molecule has 12 heavy (non-hydrogen) atoms. The fraction of sp³-hybridized carbons (Fsp3) is 0.333. The molecule has 3 N–H and O–H groups in total. The maximum atomic E-state index is 10.9. The summed E-state index contributed by atoms with van der Waals surface area (Å²) in [5, 5.41) is 2.28. The van der Waals surface area contributed by atoms with Gasteiger partial charge in [0.1, 0.15) is 0 Å². The Labute approximate surface area is 78.5 Å². The molecule has 4 nitrogen and oxygen atoms in total. The van der Waals surface area contributed by atoms with Crippen molar-refractivity contribution in [2.75, 3.05) is 6.26 Å². The number of nitrogens with zero attached hydrogens (tertiary/aromatic N) is 1. The summed E-state index contributed by atoms with van der Waals surface area (Å²) in [6.07, 6.45) is 1.99. The SMILES string of the molecule is CSCc1csc(C(=O)NN)n1. The van der Waals surface area contributed by atoms with Crippen LogP contribution in [0.1, 0.15) is 15.5 Å². The number of thioether (sulfide) groups is 1. The zero-order chi connectivity index (χ0) is 8.97. The fourth-order valence-corrected chi connectivity index (χ4v) is 1.96. The van der Waals surface area contributed by atoms with Crippen molar-refractivity contribution in [3.63, 3.8) is 0 Å². The number of carbonyl (C=O) groups excluding carboxylic acids is 1. The van der Waals surface area contributed by atoms with Gasteiger partial charge in [-0.2, -0.15) is 11.8 Å². The molecule has 0 radical (unpaired) electrons. The number of aromatic nitrogens is 1. The number of hydrazine groups is 1. The van der Waals surface area contributed by atoms with Crippen LogP contribution in [0.25, 0.3) is 0 Å². The van der Waals surface area contributed by atoms with Crippen LogP contribution in [0.3, 0.4) is 0 Å². The number of thiazole rings is 1. The molecule has 0 aromatic carbocycles. The third-order valence-corrected chi connectivity index (χ3v) is 2.64. The van der Waals surface area contributed by atoms with Crippen LogP contribution in [0.2, 0.25) is 0 Å². The Balaban J connectivity index is 2.70. The molecule has 1 aromatic heterocycles. The summed E-state index contributed by atoms with van der Waals surface area (Å²) >= 11 is 2.97. The van der Waals surface area contributed by atoms with Gasteiger partial charge in [-0.1, -0.05) is 0 Å². The second-order valence-corrected chi connectivity index (χ2v) is 3.77. The van der Waals surface area contributed by atoms with Crippen LogP contribution < -0.4 is 11.3 Å². The molecule has 1 amide bonds. The van der Waals surface area contributed by atoms with E-state index in [0.29, 0.717) is 5.01 Å². The van der Waals surface area contributed by atoms with E-state index < -0.39 is 0 Å². The Kier molecular flexibility index (Phi) is 3.51. The highest BCUT2D eigenvalue weighted by Crippen LogP contribution is 2.13. The number of hydrogen-bond donors (Lipinski definition) is 2. The van der Waals surface area contributed by atoms with Crippen molar-refractivity contribution in [3.8, 4) is 0 Å². The van der Waals surface area contributed by atoms with E-state index in [0.717, 1.165) is 11.4 Å². The molecule has 0 bridgehead atoms. The molecule has 1 rings (SSSR count). The lowest BCUT2D eigenvalue weighted by molar-refractivity contribution is 0.0953. The van der Waals surface area contributed by atoms with Gasteiger partial charge in [-0.3, -0.25) is 10.2 Å². The van der Waals surface area contributed by atoms with Gasteiger partial charge in [0.2, 0.25) is 0 Å².